The first-order valence-corrected chi connectivity index (χ1v) is 9.02. The van der Waals surface area contributed by atoms with E-state index in [1.165, 1.54) is 12.8 Å². The fourth-order valence-electron chi connectivity index (χ4n) is 3.30. The molecule has 0 spiro atoms. The Hall–Kier alpha value is -2.40. The lowest BCUT2D eigenvalue weighted by molar-refractivity contribution is 0.0755. The quantitative estimate of drug-likeness (QED) is 0.860. The summed E-state index contributed by atoms with van der Waals surface area (Å²) >= 11 is 0. The third-order valence-electron chi connectivity index (χ3n) is 4.82. The molecule has 130 valence electrons. The Morgan fingerprint density at radius 2 is 1.80 bits per heavy atom. The molecule has 0 radical (unpaired) electrons. The molecule has 0 bridgehead atoms. The number of benzene rings is 1. The highest BCUT2D eigenvalue weighted by Gasteiger charge is 2.31. The van der Waals surface area contributed by atoms with Gasteiger partial charge in [-0.05, 0) is 43.5 Å². The van der Waals surface area contributed by atoms with Crippen LogP contribution in [0.25, 0.3) is 0 Å². The van der Waals surface area contributed by atoms with Crippen molar-refractivity contribution in [3.63, 3.8) is 0 Å². The lowest BCUT2D eigenvalue weighted by Gasteiger charge is -2.21. The normalized spacial score (nSPS) is 18.6. The van der Waals surface area contributed by atoms with E-state index in [0.29, 0.717) is 11.4 Å². The van der Waals surface area contributed by atoms with Crippen LogP contribution in [0.15, 0.2) is 48.7 Å². The van der Waals surface area contributed by atoms with Crippen molar-refractivity contribution >= 4 is 5.91 Å². The van der Waals surface area contributed by atoms with Gasteiger partial charge < -0.3 is 9.64 Å². The van der Waals surface area contributed by atoms with Gasteiger partial charge in [0.15, 0.2) is 0 Å². The van der Waals surface area contributed by atoms with E-state index in [2.05, 4.69) is 9.88 Å². The molecule has 2 fully saturated rings. The van der Waals surface area contributed by atoms with Gasteiger partial charge in [-0.3, -0.25) is 9.69 Å². The molecule has 2 heterocycles. The van der Waals surface area contributed by atoms with Gasteiger partial charge in [0.25, 0.3) is 5.91 Å². The van der Waals surface area contributed by atoms with Crippen molar-refractivity contribution in [2.24, 2.45) is 0 Å². The van der Waals surface area contributed by atoms with Gasteiger partial charge in [0.05, 0.1) is 6.20 Å². The molecule has 0 N–H and O–H groups in total. The van der Waals surface area contributed by atoms with Crippen LogP contribution in [0.5, 0.6) is 11.5 Å². The van der Waals surface area contributed by atoms with Gasteiger partial charge in [0.1, 0.15) is 17.2 Å². The minimum absolute atomic E-state index is 0.0175. The summed E-state index contributed by atoms with van der Waals surface area (Å²) in [4.78, 5) is 21.5. The van der Waals surface area contributed by atoms with E-state index in [1.54, 1.807) is 12.3 Å². The van der Waals surface area contributed by atoms with Crippen LogP contribution in [-0.2, 0) is 0 Å². The topological polar surface area (TPSA) is 45.7 Å². The summed E-state index contributed by atoms with van der Waals surface area (Å²) in [5.74, 6) is 1.42. The average molecular weight is 337 g/mol. The van der Waals surface area contributed by atoms with E-state index >= 15 is 0 Å². The first kappa shape index (κ1) is 16.1. The maximum Gasteiger partial charge on any atom is 0.272 e. The Morgan fingerprint density at radius 1 is 0.960 bits per heavy atom. The molecule has 4 rings (SSSR count). The van der Waals surface area contributed by atoms with Crippen LogP contribution < -0.4 is 4.74 Å². The number of ether oxygens (including phenoxy) is 1. The second-order valence-electron chi connectivity index (χ2n) is 6.71. The van der Waals surface area contributed by atoms with Gasteiger partial charge in [-0.2, -0.15) is 0 Å². The maximum atomic E-state index is 12.7. The molecule has 1 aromatic carbocycles. The van der Waals surface area contributed by atoms with E-state index in [9.17, 15) is 4.79 Å². The molecule has 1 amide bonds. The van der Waals surface area contributed by atoms with Gasteiger partial charge in [0, 0.05) is 32.2 Å². The number of rotatable bonds is 4. The molecule has 2 aliphatic rings. The summed E-state index contributed by atoms with van der Waals surface area (Å²) in [5, 5.41) is 0. The van der Waals surface area contributed by atoms with Crippen LogP contribution in [0, 0.1) is 0 Å². The van der Waals surface area contributed by atoms with Crippen molar-refractivity contribution in [2.45, 2.75) is 25.3 Å². The Bertz CT molecular complexity index is 713. The summed E-state index contributed by atoms with van der Waals surface area (Å²) in [5.41, 5.74) is 0.486. The Kier molecular flexibility index (Phi) is 4.65. The van der Waals surface area contributed by atoms with Crippen LogP contribution in [0.3, 0.4) is 0 Å². The molecule has 1 saturated carbocycles. The van der Waals surface area contributed by atoms with Crippen LogP contribution in [-0.4, -0.2) is 52.9 Å². The first-order valence-electron chi connectivity index (χ1n) is 9.02. The van der Waals surface area contributed by atoms with E-state index in [4.69, 9.17) is 4.74 Å². The lowest BCUT2D eigenvalue weighted by atomic mass is 10.3. The molecule has 1 aromatic heterocycles. The van der Waals surface area contributed by atoms with E-state index in [1.807, 2.05) is 41.3 Å². The monoisotopic (exact) mass is 337 g/mol. The molecule has 1 aliphatic carbocycles. The Labute approximate surface area is 148 Å². The van der Waals surface area contributed by atoms with Crippen molar-refractivity contribution in [3.8, 4) is 11.5 Å². The van der Waals surface area contributed by atoms with Crippen LogP contribution in [0.2, 0.25) is 0 Å². The zero-order valence-electron chi connectivity index (χ0n) is 14.3. The van der Waals surface area contributed by atoms with Crippen molar-refractivity contribution in [1.82, 2.24) is 14.8 Å². The number of nitrogens with zero attached hydrogens (tertiary/aromatic N) is 3. The van der Waals surface area contributed by atoms with Gasteiger partial charge >= 0.3 is 0 Å². The number of carbonyl (C=O) groups excluding carboxylic acids is 1. The summed E-state index contributed by atoms with van der Waals surface area (Å²) in [6.07, 6.45) is 5.29. The second kappa shape index (κ2) is 7.23. The molecule has 0 unspecified atom stereocenters. The number of carbonyl (C=O) groups is 1. The third kappa shape index (κ3) is 3.99. The van der Waals surface area contributed by atoms with Crippen LogP contribution in [0.1, 0.15) is 29.8 Å². The predicted molar refractivity (Wildman–Crippen MR) is 95.9 cm³/mol. The van der Waals surface area contributed by atoms with Gasteiger partial charge in [-0.25, -0.2) is 4.98 Å². The minimum atomic E-state index is 0.0175. The minimum Gasteiger partial charge on any atom is -0.456 e. The van der Waals surface area contributed by atoms with Crippen molar-refractivity contribution in [3.05, 3.63) is 54.4 Å². The van der Waals surface area contributed by atoms with Crippen LogP contribution in [0.4, 0.5) is 0 Å². The summed E-state index contributed by atoms with van der Waals surface area (Å²) in [6, 6.07) is 13.9. The van der Waals surface area contributed by atoms with E-state index in [-0.39, 0.29) is 5.91 Å². The van der Waals surface area contributed by atoms with Crippen molar-refractivity contribution in [2.75, 3.05) is 26.2 Å². The molecule has 5 nitrogen and oxygen atoms in total. The standard InChI is InChI=1S/C20H23N3O2/c24-20(23-12-4-11-22(13-14-23)16-7-8-16)19-10-9-18(15-21-19)25-17-5-2-1-3-6-17/h1-3,5-6,9-10,15-16H,4,7-8,11-14H2. The first-order chi connectivity index (χ1) is 12.3. The van der Waals surface area contributed by atoms with Crippen molar-refractivity contribution in [1.29, 1.82) is 0 Å². The zero-order chi connectivity index (χ0) is 17.1. The summed E-state index contributed by atoms with van der Waals surface area (Å²) in [6.45, 7) is 3.68. The smallest absolute Gasteiger partial charge is 0.272 e. The Balaban J connectivity index is 1.38. The molecule has 2 aromatic rings. The number of aromatic nitrogens is 1. The summed E-state index contributed by atoms with van der Waals surface area (Å²) in [7, 11) is 0. The number of hydrogen-bond donors (Lipinski definition) is 0. The average Bonchev–Trinajstić information content (AvgIpc) is 3.49. The number of para-hydroxylation sites is 1. The highest BCUT2D eigenvalue weighted by Crippen LogP contribution is 2.27. The SMILES string of the molecule is O=C(c1ccc(Oc2ccccc2)cn1)N1CCCN(C2CC2)CC1. The third-order valence-corrected chi connectivity index (χ3v) is 4.82. The molecular formula is C20H23N3O2. The van der Waals surface area contributed by atoms with Crippen molar-refractivity contribution < 1.29 is 9.53 Å². The molecule has 0 atom stereocenters. The molecule has 25 heavy (non-hydrogen) atoms. The molecule has 1 saturated heterocycles. The number of hydrogen-bond acceptors (Lipinski definition) is 4. The van der Waals surface area contributed by atoms with E-state index < -0.39 is 0 Å². The number of amides is 1. The maximum absolute atomic E-state index is 12.7. The number of pyridine rings is 1. The van der Waals surface area contributed by atoms with Gasteiger partial charge in [-0.15, -0.1) is 0 Å². The van der Waals surface area contributed by atoms with Gasteiger partial charge in [-0.1, -0.05) is 18.2 Å². The second-order valence-corrected chi connectivity index (χ2v) is 6.71. The zero-order valence-corrected chi connectivity index (χ0v) is 14.3. The molecular weight excluding hydrogens is 314 g/mol. The highest BCUT2D eigenvalue weighted by molar-refractivity contribution is 5.92. The lowest BCUT2D eigenvalue weighted by Crippen LogP contribution is -2.36. The highest BCUT2D eigenvalue weighted by atomic mass is 16.5. The summed E-state index contributed by atoms with van der Waals surface area (Å²) < 4.78 is 5.73. The van der Waals surface area contributed by atoms with Gasteiger partial charge in [0.2, 0.25) is 0 Å². The van der Waals surface area contributed by atoms with E-state index in [0.717, 1.165) is 44.4 Å². The van der Waals surface area contributed by atoms with Crippen LogP contribution >= 0.6 is 0 Å². The molecule has 1 aliphatic heterocycles. The fraction of sp³-hybridized carbons (Fsp3) is 0.400. The largest absolute Gasteiger partial charge is 0.456 e. The molecule has 5 heteroatoms. The predicted octanol–water partition coefficient (Wildman–Crippen LogP) is 3.18. The Morgan fingerprint density at radius 3 is 2.52 bits per heavy atom. The fourth-order valence-corrected chi connectivity index (χ4v) is 3.30.